The molecule has 0 aliphatic carbocycles. The fourth-order valence-corrected chi connectivity index (χ4v) is 6.72. The van der Waals surface area contributed by atoms with E-state index in [0.29, 0.717) is 64.2 Å². The van der Waals surface area contributed by atoms with Gasteiger partial charge < -0.3 is 14.2 Å². The summed E-state index contributed by atoms with van der Waals surface area (Å²) >= 11 is 26.3. The number of fused-ring (bicyclic) bond motifs is 1. The quantitative estimate of drug-likeness (QED) is 0.158. The summed E-state index contributed by atoms with van der Waals surface area (Å²) in [6, 6.07) is 14.6. The zero-order valence-electron chi connectivity index (χ0n) is 24.5. The van der Waals surface area contributed by atoms with E-state index in [4.69, 9.17) is 65.6 Å². The van der Waals surface area contributed by atoms with Crippen LogP contribution in [-0.2, 0) is 16.1 Å². The molecule has 4 aromatic rings. The van der Waals surface area contributed by atoms with Crippen LogP contribution < -0.4 is 24.4 Å². The van der Waals surface area contributed by atoms with Crippen LogP contribution >= 0.6 is 57.7 Å². The number of methoxy groups -OCH3 is 1. The number of esters is 1. The highest BCUT2D eigenvalue weighted by Gasteiger charge is 2.36. The highest BCUT2D eigenvalue weighted by molar-refractivity contribution is 7.07. The number of aromatic nitrogens is 1. The van der Waals surface area contributed by atoms with Crippen molar-refractivity contribution in [1.29, 1.82) is 0 Å². The molecule has 1 aliphatic rings. The van der Waals surface area contributed by atoms with Crippen molar-refractivity contribution in [2.24, 2.45) is 4.99 Å². The normalized spacial score (nSPS) is 14.6. The summed E-state index contributed by atoms with van der Waals surface area (Å²) in [4.78, 5) is 33.0. The molecule has 0 saturated carbocycles. The van der Waals surface area contributed by atoms with Gasteiger partial charge in [0.15, 0.2) is 4.80 Å². The van der Waals surface area contributed by atoms with Crippen molar-refractivity contribution >= 4 is 69.8 Å². The Bertz CT molecular complexity index is 1990. The monoisotopic (exact) mass is 704 g/mol. The topological polar surface area (TPSA) is 79.1 Å². The summed E-state index contributed by atoms with van der Waals surface area (Å²) in [5, 5.41) is 1.76. The molecule has 7 nitrogen and oxygen atoms in total. The Morgan fingerprint density at radius 2 is 1.71 bits per heavy atom. The zero-order chi connectivity index (χ0) is 32.2. The van der Waals surface area contributed by atoms with E-state index in [-0.39, 0.29) is 24.3 Å². The van der Waals surface area contributed by atoms with Crippen LogP contribution in [0.5, 0.6) is 11.5 Å². The molecule has 3 aromatic carbocycles. The first-order chi connectivity index (χ1) is 21.6. The van der Waals surface area contributed by atoms with E-state index in [1.54, 1.807) is 61.5 Å². The van der Waals surface area contributed by atoms with Crippen LogP contribution in [0.2, 0.25) is 20.1 Å². The molecule has 0 N–H and O–H groups in total. The number of nitrogens with zero attached hydrogens (tertiary/aromatic N) is 2. The number of benzene rings is 3. The third-order valence-corrected chi connectivity index (χ3v) is 9.21. The summed E-state index contributed by atoms with van der Waals surface area (Å²) in [7, 11) is 1.52. The van der Waals surface area contributed by atoms with Crippen molar-refractivity contribution in [1.82, 2.24) is 4.57 Å². The Balaban J connectivity index is 1.68. The molecular formula is C33H28Cl4N2O5S. The number of carbonyl (C=O) groups is 1. The highest BCUT2D eigenvalue weighted by atomic mass is 35.5. The van der Waals surface area contributed by atoms with Gasteiger partial charge in [0.05, 0.1) is 39.6 Å². The van der Waals surface area contributed by atoms with Crippen LogP contribution in [0, 0.1) is 0 Å². The van der Waals surface area contributed by atoms with Crippen molar-refractivity contribution in [3.63, 3.8) is 0 Å². The maximum absolute atomic E-state index is 14.3. The molecule has 234 valence electrons. The second-order valence-corrected chi connectivity index (χ2v) is 12.7. The summed E-state index contributed by atoms with van der Waals surface area (Å²) in [5.74, 6) is 0.411. The molecular weight excluding hydrogens is 678 g/mol. The van der Waals surface area contributed by atoms with Crippen molar-refractivity contribution in [3.05, 3.63) is 122 Å². The van der Waals surface area contributed by atoms with E-state index < -0.39 is 12.0 Å². The third kappa shape index (κ3) is 7.11. The molecule has 0 bridgehead atoms. The number of ether oxygens (including phenoxy) is 3. The largest absolute Gasteiger partial charge is 0.496 e. The Morgan fingerprint density at radius 1 is 0.978 bits per heavy atom. The van der Waals surface area contributed by atoms with E-state index in [0.717, 1.165) is 12.0 Å². The Morgan fingerprint density at radius 3 is 2.40 bits per heavy atom. The number of hydrogen-bond donors (Lipinski definition) is 0. The molecule has 0 amide bonds. The number of rotatable bonds is 10. The summed E-state index contributed by atoms with van der Waals surface area (Å²) in [5.41, 5.74) is 2.39. The SMILES string of the molecule is CCCC1=C(C(=O)OCC)[C@H](c2cc(Cl)ccc2OC)n2c(s/c(=C/c3cc(Cl)ccc3OCc3ccc(Cl)c(Cl)c3)c2=O)=N1. The minimum absolute atomic E-state index is 0.158. The second kappa shape index (κ2) is 14.4. The van der Waals surface area contributed by atoms with Crippen LogP contribution in [0.15, 0.2) is 75.7 Å². The number of halogens is 4. The van der Waals surface area contributed by atoms with E-state index in [1.807, 2.05) is 13.0 Å². The lowest BCUT2D eigenvalue weighted by molar-refractivity contribution is -0.139. The molecule has 0 fully saturated rings. The molecule has 0 spiro atoms. The maximum Gasteiger partial charge on any atom is 0.338 e. The average molecular weight is 706 g/mol. The molecule has 12 heteroatoms. The highest BCUT2D eigenvalue weighted by Crippen LogP contribution is 2.38. The van der Waals surface area contributed by atoms with Gasteiger partial charge in [-0.2, -0.15) is 0 Å². The second-order valence-electron chi connectivity index (χ2n) is 10.0. The van der Waals surface area contributed by atoms with Crippen LogP contribution in [0.1, 0.15) is 49.4 Å². The molecule has 45 heavy (non-hydrogen) atoms. The average Bonchev–Trinajstić information content (AvgIpc) is 3.32. The van der Waals surface area contributed by atoms with Gasteiger partial charge in [0.1, 0.15) is 24.1 Å². The summed E-state index contributed by atoms with van der Waals surface area (Å²) in [6.45, 7) is 4.09. The summed E-state index contributed by atoms with van der Waals surface area (Å²) in [6.07, 6.45) is 2.93. The molecule has 1 atom stereocenters. The van der Waals surface area contributed by atoms with Gasteiger partial charge in [-0.1, -0.05) is 77.2 Å². The first-order valence-corrected chi connectivity index (χ1v) is 16.4. The Kier molecular flexibility index (Phi) is 10.6. The lowest BCUT2D eigenvalue weighted by Crippen LogP contribution is -2.40. The van der Waals surface area contributed by atoms with Gasteiger partial charge in [0.2, 0.25) is 0 Å². The maximum atomic E-state index is 14.3. The van der Waals surface area contributed by atoms with E-state index in [9.17, 15) is 9.59 Å². The molecule has 0 unspecified atom stereocenters. The minimum atomic E-state index is -0.887. The first kappa shape index (κ1) is 33.1. The fraction of sp³-hybridized carbons (Fsp3) is 0.242. The van der Waals surface area contributed by atoms with Crippen molar-refractivity contribution < 1.29 is 19.0 Å². The lowest BCUT2D eigenvalue weighted by atomic mass is 9.93. The lowest BCUT2D eigenvalue weighted by Gasteiger charge is -2.27. The summed E-state index contributed by atoms with van der Waals surface area (Å²) < 4.78 is 19.1. The van der Waals surface area contributed by atoms with Gasteiger partial charge >= 0.3 is 5.97 Å². The molecule has 0 saturated heterocycles. The predicted octanol–water partition coefficient (Wildman–Crippen LogP) is 7.78. The van der Waals surface area contributed by atoms with Gasteiger partial charge in [-0.15, -0.1) is 0 Å². The van der Waals surface area contributed by atoms with Gasteiger partial charge in [0, 0.05) is 21.2 Å². The minimum Gasteiger partial charge on any atom is -0.496 e. The molecule has 0 radical (unpaired) electrons. The predicted molar refractivity (Wildman–Crippen MR) is 180 cm³/mol. The first-order valence-electron chi connectivity index (χ1n) is 14.1. The molecule has 2 heterocycles. The number of hydrogen-bond acceptors (Lipinski definition) is 7. The number of thiazole rings is 1. The van der Waals surface area contributed by atoms with Crippen LogP contribution in [0.3, 0.4) is 0 Å². The third-order valence-electron chi connectivity index (χ3n) is 7.02. The standard InChI is InChI=1S/C33H28Cl4N2O5S/c1-4-6-25-29(32(41)43-5-2)30(22-16-21(35)9-12-27(22)42-3)39-31(40)28(45-33(39)38-25)15-19-14-20(34)8-11-26(19)44-17-18-7-10-23(36)24(37)13-18/h7-16,30H,4-6,17H2,1-3H3/b28-15+/t30-/m0/s1. The van der Waals surface area contributed by atoms with Crippen molar-refractivity contribution in [2.75, 3.05) is 13.7 Å². The van der Waals surface area contributed by atoms with Crippen LogP contribution in [0.4, 0.5) is 0 Å². The number of carbonyl (C=O) groups excluding carboxylic acids is 1. The van der Waals surface area contributed by atoms with Crippen LogP contribution in [0.25, 0.3) is 6.08 Å². The van der Waals surface area contributed by atoms with E-state index in [1.165, 1.54) is 23.0 Å². The molecule has 1 aromatic heterocycles. The van der Waals surface area contributed by atoms with E-state index >= 15 is 0 Å². The molecule has 1 aliphatic heterocycles. The van der Waals surface area contributed by atoms with Crippen molar-refractivity contribution in [2.45, 2.75) is 39.3 Å². The van der Waals surface area contributed by atoms with Crippen LogP contribution in [-0.4, -0.2) is 24.3 Å². The Hall–Kier alpha value is -3.27. The Labute approximate surface area is 283 Å². The zero-order valence-corrected chi connectivity index (χ0v) is 28.4. The van der Waals surface area contributed by atoms with Gasteiger partial charge in [0.25, 0.3) is 5.56 Å². The number of allylic oxidation sites excluding steroid dienone is 1. The fourth-order valence-electron chi connectivity index (χ4n) is 5.03. The smallest absolute Gasteiger partial charge is 0.338 e. The van der Waals surface area contributed by atoms with Gasteiger partial charge in [-0.25, -0.2) is 9.79 Å². The van der Waals surface area contributed by atoms with Gasteiger partial charge in [-0.05, 0) is 73.5 Å². The van der Waals surface area contributed by atoms with E-state index in [2.05, 4.69) is 0 Å². The van der Waals surface area contributed by atoms with Crippen molar-refractivity contribution in [3.8, 4) is 11.5 Å². The molecule has 5 rings (SSSR count). The van der Waals surface area contributed by atoms with Gasteiger partial charge in [-0.3, -0.25) is 9.36 Å².